The maximum atomic E-state index is 13.9. The Morgan fingerprint density at radius 1 is 1.10 bits per heavy atom. The van der Waals surface area contributed by atoms with Crippen LogP contribution in [0.1, 0.15) is 21.6 Å². The second-order valence-electron chi connectivity index (χ2n) is 8.78. The van der Waals surface area contributed by atoms with Crippen LogP contribution < -0.4 is 5.32 Å². The zero-order valence-electron chi connectivity index (χ0n) is 20.4. The van der Waals surface area contributed by atoms with Crippen molar-refractivity contribution in [2.45, 2.75) is 18.0 Å². The number of aryl methyl sites for hydroxylation is 1. The van der Waals surface area contributed by atoms with Gasteiger partial charge in [-0.3, -0.25) is 4.79 Å². The van der Waals surface area contributed by atoms with Crippen molar-refractivity contribution in [3.8, 4) is 11.3 Å². The van der Waals surface area contributed by atoms with Crippen molar-refractivity contribution < 1.29 is 31.1 Å². The van der Waals surface area contributed by atoms with Crippen LogP contribution in [0.25, 0.3) is 16.9 Å². The summed E-state index contributed by atoms with van der Waals surface area (Å²) in [4.78, 5) is 17.5. The highest BCUT2D eigenvalue weighted by atomic mass is 35.5. The zero-order valence-corrected chi connectivity index (χ0v) is 21.9. The Bertz CT molecular complexity index is 1690. The second kappa shape index (κ2) is 10.2. The number of ether oxygens (including phenoxy) is 1. The molecule has 9 nitrogen and oxygen atoms in total. The molecule has 0 bridgehead atoms. The van der Waals surface area contributed by atoms with Crippen LogP contribution in [0.2, 0.25) is 5.02 Å². The Kier molecular flexibility index (Phi) is 7.10. The van der Waals surface area contributed by atoms with Crippen LogP contribution in [0.15, 0.2) is 59.6 Å². The van der Waals surface area contributed by atoms with Crippen LogP contribution in [0.3, 0.4) is 0 Å². The number of anilines is 1. The molecule has 204 valence electrons. The highest BCUT2D eigenvalue weighted by Crippen LogP contribution is 2.34. The van der Waals surface area contributed by atoms with E-state index in [9.17, 15) is 26.4 Å². The molecule has 1 saturated heterocycles. The van der Waals surface area contributed by atoms with E-state index >= 15 is 0 Å². The predicted octanol–water partition coefficient (Wildman–Crippen LogP) is 4.65. The molecule has 0 aliphatic carbocycles. The van der Waals surface area contributed by atoms with Crippen molar-refractivity contribution >= 4 is 38.9 Å². The van der Waals surface area contributed by atoms with E-state index in [2.05, 4.69) is 15.4 Å². The van der Waals surface area contributed by atoms with Crippen molar-refractivity contribution in [3.05, 3.63) is 76.6 Å². The highest BCUT2D eigenvalue weighted by Gasteiger charge is 2.36. The van der Waals surface area contributed by atoms with E-state index in [1.165, 1.54) is 34.6 Å². The molecule has 5 rings (SSSR count). The summed E-state index contributed by atoms with van der Waals surface area (Å²) in [7, 11) is -3.83. The molecule has 1 amide bonds. The first-order valence-electron chi connectivity index (χ1n) is 11.7. The third-order valence-corrected chi connectivity index (χ3v) is 8.48. The molecule has 1 aliphatic rings. The number of carbonyl (C=O) groups excluding carboxylic acids is 1. The third kappa shape index (κ3) is 5.35. The molecule has 0 unspecified atom stereocenters. The number of morpholine rings is 1. The van der Waals surface area contributed by atoms with E-state index in [1.54, 1.807) is 19.1 Å². The van der Waals surface area contributed by atoms with Gasteiger partial charge in [0.15, 0.2) is 11.3 Å². The van der Waals surface area contributed by atoms with Crippen molar-refractivity contribution in [2.24, 2.45) is 0 Å². The van der Waals surface area contributed by atoms with Crippen molar-refractivity contribution in [1.29, 1.82) is 0 Å². The fourth-order valence-corrected chi connectivity index (χ4v) is 5.72. The lowest BCUT2D eigenvalue weighted by molar-refractivity contribution is -0.142. The lowest BCUT2D eigenvalue weighted by atomic mass is 10.1. The fourth-order valence-electron chi connectivity index (χ4n) is 4.15. The minimum absolute atomic E-state index is 0.0252. The molecule has 1 aliphatic heterocycles. The molecule has 0 radical (unpaired) electrons. The van der Waals surface area contributed by atoms with Crippen molar-refractivity contribution in [1.82, 2.24) is 18.9 Å². The molecule has 0 atom stereocenters. The van der Waals surface area contributed by atoms with Gasteiger partial charge in [0.1, 0.15) is 5.56 Å². The molecule has 3 heterocycles. The van der Waals surface area contributed by atoms with Crippen LogP contribution in [0, 0.1) is 6.92 Å². The topological polar surface area (TPSA) is 106 Å². The number of hydrogen-bond acceptors (Lipinski definition) is 6. The summed E-state index contributed by atoms with van der Waals surface area (Å²) in [5.41, 5.74) is -0.539. The van der Waals surface area contributed by atoms with E-state index in [1.807, 2.05) is 0 Å². The standard InChI is InChI=1S/C25H21ClF3N5O4S/c1-15-11-16(5-6-20(15)26)21-13-22(25(27,28)29)34-23(32-21)19(14-30-34)24(35)31-17-3-2-4-18(12-17)39(36,37)33-7-9-38-10-8-33/h2-6,11-14H,7-10H2,1H3,(H,31,35). The van der Waals surface area contributed by atoms with Gasteiger partial charge >= 0.3 is 6.18 Å². The van der Waals surface area contributed by atoms with Crippen LogP contribution in [0.4, 0.5) is 18.9 Å². The molecule has 0 saturated carbocycles. The molecular weight excluding hydrogens is 559 g/mol. The summed E-state index contributed by atoms with van der Waals surface area (Å²) in [5, 5.41) is 6.76. The van der Waals surface area contributed by atoms with Crippen molar-refractivity contribution in [3.63, 3.8) is 0 Å². The predicted molar refractivity (Wildman–Crippen MR) is 137 cm³/mol. The first-order valence-corrected chi connectivity index (χ1v) is 13.5. The largest absolute Gasteiger partial charge is 0.433 e. The van der Waals surface area contributed by atoms with Gasteiger partial charge < -0.3 is 10.1 Å². The van der Waals surface area contributed by atoms with Gasteiger partial charge in [-0.25, -0.2) is 17.9 Å². The van der Waals surface area contributed by atoms with Gasteiger partial charge in [-0.1, -0.05) is 23.7 Å². The number of aromatic nitrogens is 3. The van der Waals surface area contributed by atoms with Gasteiger partial charge in [-0.2, -0.15) is 22.6 Å². The smallest absolute Gasteiger partial charge is 0.379 e. The monoisotopic (exact) mass is 579 g/mol. The molecule has 14 heteroatoms. The first-order chi connectivity index (χ1) is 18.4. The van der Waals surface area contributed by atoms with Crippen LogP contribution in [0.5, 0.6) is 0 Å². The lowest BCUT2D eigenvalue weighted by Crippen LogP contribution is -2.40. The van der Waals surface area contributed by atoms with Gasteiger partial charge in [0.2, 0.25) is 10.0 Å². The molecule has 39 heavy (non-hydrogen) atoms. The van der Waals surface area contributed by atoms with E-state index in [4.69, 9.17) is 16.3 Å². The number of amides is 1. The molecule has 2 aromatic carbocycles. The summed E-state index contributed by atoms with van der Waals surface area (Å²) in [6.45, 7) is 2.65. The highest BCUT2D eigenvalue weighted by molar-refractivity contribution is 7.89. The maximum Gasteiger partial charge on any atom is 0.433 e. The minimum atomic E-state index is -4.79. The van der Waals surface area contributed by atoms with E-state index in [0.29, 0.717) is 20.7 Å². The average molecular weight is 580 g/mol. The maximum absolute atomic E-state index is 13.9. The van der Waals surface area contributed by atoms with E-state index in [-0.39, 0.29) is 53.8 Å². The average Bonchev–Trinajstić information content (AvgIpc) is 3.34. The summed E-state index contributed by atoms with van der Waals surface area (Å²) in [6.07, 6.45) is -3.81. The van der Waals surface area contributed by atoms with Gasteiger partial charge in [0, 0.05) is 29.4 Å². The van der Waals surface area contributed by atoms with Crippen LogP contribution >= 0.6 is 11.6 Å². The number of carbonyl (C=O) groups is 1. The number of nitrogens with one attached hydrogen (secondary N) is 1. The Labute approximate surface area is 226 Å². The zero-order chi connectivity index (χ0) is 27.9. The molecule has 1 fully saturated rings. The molecular formula is C25H21ClF3N5O4S. The van der Waals surface area contributed by atoms with Gasteiger partial charge in [0.25, 0.3) is 5.91 Å². The first kappa shape index (κ1) is 27.1. The fraction of sp³-hybridized carbons (Fsp3) is 0.240. The Morgan fingerprint density at radius 2 is 1.85 bits per heavy atom. The van der Waals surface area contributed by atoms with E-state index in [0.717, 1.165) is 12.3 Å². The van der Waals surface area contributed by atoms with Crippen LogP contribution in [-0.4, -0.2) is 59.5 Å². The molecule has 1 N–H and O–H groups in total. The van der Waals surface area contributed by atoms with Gasteiger partial charge in [-0.15, -0.1) is 0 Å². The number of sulfonamides is 1. The SMILES string of the molecule is Cc1cc(-c2cc(C(F)(F)F)n3ncc(C(=O)Nc4cccc(S(=O)(=O)N5CCOCC5)c4)c3n2)ccc1Cl. The van der Waals surface area contributed by atoms with E-state index < -0.39 is 27.8 Å². The lowest BCUT2D eigenvalue weighted by Gasteiger charge is -2.26. The Balaban J connectivity index is 1.52. The number of nitrogens with zero attached hydrogens (tertiary/aromatic N) is 4. The Morgan fingerprint density at radius 3 is 2.54 bits per heavy atom. The minimum Gasteiger partial charge on any atom is -0.379 e. The summed E-state index contributed by atoms with van der Waals surface area (Å²) in [6, 6.07) is 11.1. The number of benzene rings is 2. The number of halogens is 4. The second-order valence-corrected chi connectivity index (χ2v) is 11.1. The quantitative estimate of drug-likeness (QED) is 0.369. The van der Waals surface area contributed by atoms with Crippen molar-refractivity contribution in [2.75, 3.05) is 31.6 Å². The number of alkyl halides is 3. The molecule has 4 aromatic rings. The summed E-state index contributed by atoms with van der Waals surface area (Å²) >= 11 is 6.06. The normalized spacial score (nSPS) is 15.0. The molecule has 0 spiro atoms. The third-order valence-electron chi connectivity index (χ3n) is 6.16. The Hall–Kier alpha value is -3.52. The summed E-state index contributed by atoms with van der Waals surface area (Å²) in [5.74, 6) is -0.809. The van der Waals surface area contributed by atoms with Gasteiger partial charge in [0.05, 0.1) is 30.0 Å². The molecule has 2 aromatic heterocycles. The number of hydrogen-bond donors (Lipinski definition) is 1. The number of rotatable bonds is 5. The number of fused-ring (bicyclic) bond motifs is 1. The van der Waals surface area contributed by atoms with Crippen LogP contribution in [-0.2, 0) is 20.9 Å². The van der Waals surface area contributed by atoms with Gasteiger partial charge in [-0.05, 0) is 48.9 Å². The summed E-state index contributed by atoms with van der Waals surface area (Å²) < 4.78 is 74.9.